The van der Waals surface area contributed by atoms with Gasteiger partial charge >= 0.3 is 0 Å². The molecule has 0 aromatic rings. The van der Waals surface area contributed by atoms with Gasteiger partial charge < -0.3 is 4.74 Å². The van der Waals surface area contributed by atoms with Crippen LogP contribution in [-0.2, 0) is 4.74 Å². The first kappa shape index (κ1) is 15.4. The Labute approximate surface area is 111 Å². The van der Waals surface area contributed by atoms with Crippen LogP contribution in [0.15, 0.2) is 0 Å². The van der Waals surface area contributed by atoms with E-state index in [1.807, 2.05) is 13.8 Å². The van der Waals surface area contributed by atoms with Crippen molar-refractivity contribution in [3.63, 3.8) is 0 Å². The third-order valence-electron chi connectivity index (χ3n) is 3.74. The van der Waals surface area contributed by atoms with Crippen LogP contribution in [0.3, 0.4) is 0 Å². The molecule has 0 aliphatic carbocycles. The van der Waals surface area contributed by atoms with Crippen molar-refractivity contribution < 1.29 is 4.74 Å². The zero-order valence-corrected chi connectivity index (χ0v) is 12.3. The maximum Gasteiger partial charge on any atom is 0.103 e. The van der Waals surface area contributed by atoms with Crippen molar-refractivity contribution in [1.82, 2.24) is 10.2 Å². The Balaban J connectivity index is 2.39. The molecule has 1 heterocycles. The van der Waals surface area contributed by atoms with Crippen LogP contribution < -0.4 is 5.32 Å². The number of hydrogen-bond donors (Lipinski definition) is 1. The lowest BCUT2D eigenvalue weighted by Gasteiger charge is -2.42. The molecular weight excluding hydrogens is 226 g/mol. The van der Waals surface area contributed by atoms with Gasteiger partial charge in [-0.3, -0.25) is 10.2 Å². The number of rotatable bonds is 6. The number of nitriles is 1. The Hall–Kier alpha value is -0.630. The molecule has 4 nitrogen and oxygen atoms in total. The van der Waals surface area contributed by atoms with Gasteiger partial charge in [-0.15, -0.1) is 0 Å². The van der Waals surface area contributed by atoms with Crippen molar-refractivity contribution in [2.24, 2.45) is 0 Å². The first-order valence-corrected chi connectivity index (χ1v) is 6.92. The molecule has 0 amide bonds. The monoisotopic (exact) mass is 253 g/mol. The van der Waals surface area contributed by atoms with Crippen LogP contribution in [0.4, 0.5) is 0 Å². The molecule has 18 heavy (non-hydrogen) atoms. The molecule has 0 aromatic heterocycles. The number of hydrogen-bond acceptors (Lipinski definition) is 4. The maximum absolute atomic E-state index is 9.21. The molecule has 4 heteroatoms. The maximum atomic E-state index is 9.21. The molecule has 1 saturated heterocycles. The topological polar surface area (TPSA) is 48.3 Å². The van der Waals surface area contributed by atoms with E-state index in [1.54, 1.807) is 0 Å². The molecule has 1 N–H and O–H groups in total. The minimum Gasteiger partial charge on any atom is -0.378 e. The second-order valence-electron chi connectivity index (χ2n) is 5.93. The minimum atomic E-state index is -0.384. The van der Waals surface area contributed by atoms with Crippen LogP contribution in [0.25, 0.3) is 0 Å². The average molecular weight is 253 g/mol. The Morgan fingerprint density at radius 3 is 2.78 bits per heavy atom. The van der Waals surface area contributed by atoms with Gasteiger partial charge in [0.1, 0.15) is 5.54 Å². The fourth-order valence-electron chi connectivity index (χ4n) is 2.50. The van der Waals surface area contributed by atoms with Gasteiger partial charge in [0.2, 0.25) is 0 Å². The fourth-order valence-corrected chi connectivity index (χ4v) is 2.50. The van der Waals surface area contributed by atoms with Crippen LogP contribution in [0, 0.1) is 11.3 Å². The normalized spacial score (nSPS) is 23.3. The van der Waals surface area contributed by atoms with E-state index in [4.69, 9.17) is 4.74 Å². The summed E-state index contributed by atoms with van der Waals surface area (Å²) in [5.74, 6) is 0. The molecule has 104 valence electrons. The largest absolute Gasteiger partial charge is 0.378 e. The second-order valence-corrected chi connectivity index (χ2v) is 5.93. The number of nitrogens with zero attached hydrogens (tertiary/aromatic N) is 2. The summed E-state index contributed by atoms with van der Waals surface area (Å²) in [4.78, 5) is 2.47. The summed E-state index contributed by atoms with van der Waals surface area (Å²) in [6, 6.07) is 2.38. The summed E-state index contributed by atoms with van der Waals surface area (Å²) in [6.07, 6.45) is 1.94. The first-order chi connectivity index (χ1) is 8.43. The highest BCUT2D eigenvalue weighted by atomic mass is 16.5. The first-order valence-electron chi connectivity index (χ1n) is 6.92. The lowest BCUT2D eigenvalue weighted by Crippen LogP contribution is -2.53. The third kappa shape index (κ3) is 4.24. The van der Waals surface area contributed by atoms with Crippen LogP contribution in [0.2, 0.25) is 0 Å². The molecule has 0 spiro atoms. The molecule has 0 aromatic carbocycles. The summed E-state index contributed by atoms with van der Waals surface area (Å²) in [7, 11) is 0. The second kappa shape index (κ2) is 6.51. The van der Waals surface area contributed by atoms with E-state index in [0.717, 1.165) is 45.7 Å². The number of ether oxygens (including phenoxy) is 1. The van der Waals surface area contributed by atoms with Crippen LogP contribution in [0.1, 0.15) is 40.5 Å². The zero-order valence-electron chi connectivity index (χ0n) is 12.3. The highest BCUT2D eigenvalue weighted by molar-refractivity contribution is 5.03. The fraction of sp³-hybridized carbons (Fsp3) is 0.929. The summed E-state index contributed by atoms with van der Waals surface area (Å²) < 4.78 is 5.52. The predicted octanol–water partition coefficient (Wildman–Crippen LogP) is 1.77. The van der Waals surface area contributed by atoms with Gasteiger partial charge in [-0.05, 0) is 46.7 Å². The SMILES string of the molecule is CCNC(C)(C#N)CCCN1CCOCC1(C)C. The Kier molecular flexibility index (Phi) is 5.58. The predicted molar refractivity (Wildman–Crippen MR) is 73.4 cm³/mol. The Bertz CT molecular complexity index is 298. The van der Waals surface area contributed by atoms with E-state index < -0.39 is 0 Å². The highest BCUT2D eigenvalue weighted by Crippen LogP contribution is 2.20. The molecule has 1 rings (SSSR count). The zero-order chi connectivity index (χ0) is 13.6. The molecule has 1 atom stereocenters. The van der Waals surface area contributed by atoms with Crippen molar-refractivity contribution in [3.05, 3.63) is 0 Å². The van der Waals surface area contributed by atoms with Gasteiger partial charge in [0.25, 0.3) is 0 Å². The van der Waals surface area contributed by atoms with Crippen LogP contribution in [0.5, 0.6) is 0 Å². The molecule has 0 bridgehead atoms. The Morgan fingerprint density at radius 2 is 2.22 bits per heavy atom. The van der Waals surface area contributed by atoms with Gasteiger partial charge in [0, 0.05) is 12.1 Å². The molecule has 0 saturated carbocycles. The van der Waals surface area contributed by atoms with E-state index >= 15 is 0 Å². The lowest BCUT2D eigenvalue weighted by molar-refractivity contribution is -0.0516. The standard InChI is InChI=1S/C14H27N3O/c1-5-16-14(4,11-15)7-6-8-17-9-10-18-12-13(17,2)3/h16H,5-10,12H2,1-4H3. The molecular formula is C14H27N3O. The smallest absolute Gasteiger partial charge is 0.103 e. The molecule has 1 fully saturated rings. The van der Waals surface area contributed by atoms with Crippen LogP contribution >= 0.6 is 0 Å². The van der Waals surface area contributed by atoms with E-state index in [0.29, 0.717) is 0 Å². The van der Waals surface area contributed by atoms with Gasteiger partial charge in [0.15, 0.2) is 0 Å². The van der Waals surface area contributed by atoms with E-state index in [-0.39, 0.29) is 11.1 Å². The van der Waals surface area contributed by atoms with Crippen molar-refractivity contribution in [2.45, 2.75) is 51.6 Å². The van der Waals surface area contributed by atoms with E-state index in [9.17, 15) is 5.26 Å². The number of nitrogens with one attached hydrogen (secondary N) is 1. The molecule has 1 unspecified atom stereocenters. The summed E-state index contributed by atoms with van der Waals surface area (Å²) in [6.45, 7) is 13.0. The highest BCUT2D eigenvalue weighted by Gasteiger charge is 2.30. The van der Waals surface area contributed by atoms with Crippen molar-refractivity contribution >= 4 is 0 Å². The summed E-state index contributed by atoms with van der Waals surface area (Å²) >= 11 is 0. The van der Waals surface area contributed by atoms with Crippen molar-refractivity contribution in [2.75, 3.05) is 32.8 Å². The van der Waals surface area contributed by atoms with E-state index in [1.165, 1.54) is 0 Å². The van der Waals surface area contributed by atoms with Gasteiger partial charge in [-0.2, -0.15) is 5.26 Å². The van der Waals surface area contributed by atoms with Gasteiger partial charge in [-0.25, -0.2) is 0 Å². The minimum absolute atomic E-state index is 0.124. The van der Waals surface area contributed by atoms with Gasteiger partial charge in [0.05, 0.1) is 19.3 Å². The van der Waals surface area contributed by atoms with Crippen LogP contribution in [-0.4, -0.2) is 48.8 Å². The number of morpholine rings is 1. The van der Waals surface area contributed by atoms with E-state index in [2.05, 4.69) is 30.1 Å². The van der Waals surface area contributed by atoms with Gasteiger partial charge in [-0.1, -0.05) is 6.92 Å². The molecule has 1 aliphatic heterocycles. The quantitative estimate of drug-likeness (QED) is 0.784. The average Bonchev–Trinajstić information content (AvgIpc) is 2.31. The van der Waals surface area contributed by atoms with Crippen molar-refractivity contribution in [1.29, 1.82) is 5.26 Å². The third-order valence-corrected chi connectivity index (χ3v) is 3.74. The summed E-state index contributed by atoms with van der Waals surface area (Å²) in [5, 5.41) is 12.5. The molecule has 1 aliphatic rings. The Morgan fingerprint density at radius 1 is 1.50 bits per heavy atom. The molecule has 0 radical (unpaired) electrons. The summed E-state index contributed by atoms with van der Waals surface area (Å²) in [5.41, 5.74) is -0.259. The lowest BCUT2D eigenvalue weighted by atomic mass is 9.96. The van der Waals surface area contributed by atoms with Crippen molar-refractivity contribution in [3.8, 4) is 6.07 Å².